The van der Waals surface area contributed by atoms with Gasteiger partial charge in [0.2, 0.25) is 0 Å². The monoisotopic (exact) mass is 445 g/mol. The molecule has 1 saturated heterocycles. The Hall–Kier alpha value is -2.00. The maximum atomic E-state index is 12.8. The zero-order valence-electron chi connectivity index (χ0n) is 18.7. The molecule has 0 aliphatic carbocycles. The second-order valence-corrected chi connectivity index (χ2v) is 8.87. The second kappa shape index (κ2) is 11.0. The van der Waals surface area contributed by atoms with Crippen molar-refractivity contribution < 1.29 is 27.4 Å². The number of alkyl carbamates (subject to hydrolysis) is 1. The number of amides is 1. The summed E-state index contributed by atoms with van der Waals surface area (Å²) >= 11 is 0. The van der Waals surface area contributed by atoms with Gasteiger partial charge in [0.05, 0.1) is 12.2 Å². The lowest BCUT2D eigenvalue weighted by Crippen LogP contribution is -2.43. The van der Waals surface area contributed by atoms with Crippen molar-refractivity contribution in [2.24, 2.45) is 0 Å². The van der Waals surface area contributed by atoms with Crippen LogP contribution >= 0.6 is 0 Å². The number of methoxy groups -OCH3 is 1. The van der Waals surface area contributed by atoms with Crippen LogP contribution in [-0.4, -0.2) is 57.1 Å². The van der Waals surface area contributed by atoms with Crippen LogP contribution in [0.15, 0.2) is 24.3 Å². The molecule has 176 valence electrons. The van der Waals surface area contributed by atoms with Gasteiger partial charge in [-0.1, -0.05) is 0 Å². The molecule has 31 heavy (non-hydrogen) atoms. The zero-order chi connectivity index (χ0) is 23.1. The van der Waals surface area contributed by atoms with E-state index < -0.39 is 23.4 Å². The molecular weight excluding hydrogens is 411 g/mol. The minimum absolute atomic E-state index is 0.128. The van der Waals surface area contributed by atoms with Crippen molar-refractivity contribution in [3.05, 3.63) is 29.8 Å². The van der Waals surface area contributed by atoms with Crippen LogP contribution in [0, 0.1) is 0 Å². The number of carbonyl (C=O) groups excluding carboxylic acids is 1. The summed E-state index contributed by atoms with van der Waals surface area (Å²) in [6, 6.07) is 5.66. The van der Waals surface area contributed by atoms with Crippen LogP contribution in [-0.2, 0) is 15.7 Å². The van der Waals surface area contributed by atoms with E-state index >= 15 is 0 Å². The molecule has 6 nitrogen and oxygen atoms in total. The lowest BCUT2D eigenvalue weighted by atomic mass is 10.1. The third-order valence-corrected chi connectivity index (χ3v) is 4.98. The van der Waals surface area contributed by atoms with Crippen LogP contribution in [0.4, 0.5) is 23.7 Å². The van der Waals surface area contributed by atoms with Crippen LogP contribution in [0.3, 0.4) is 0 Å². The Morgan fingerprint density at radius 3 is 2.48 bits per heavy atom. The Bertz CT molecular complexity index is 690. The van der Waals surface area contributed by atoms with Crippen molar-refractivity contribution in [1.29, 1.82) is 0 Å². The number of nitrogens with zero attached hydrogens (tertiary/aromatic N) is 1. The number of rotatable bonds is 9. The summed E-state index contributed by atoms with van der Waals surface area (Å²) in [4.78, 5) is 13.8. The fourth-order valence-corrected chi connectivity index (χ4v) is 3.59. The molecule has 0 saturated carbocycles. The number of halogens is 3. The van der Waals surface area contributed by atoms with Crippen LogP contribution in [0.5, 0.6) is 0 Å². The molecular formula is C22H34F3N3O3. The van der Waals surface area contributed by atoms with Crippen LogP contribution in [0.1, 0.15) is 45.6 Å². The van der Waals surface area contributed by atoms with Gasteiger partial charge in [-0.05, 0) is 64.3 Å². The van der Waals surface area contributed by atoms with Crippen molar-refractivity contribution in [3.8, 4) is 0 Å². The lowest BCUT2D eigenvalue weighted by molar-refractivity contribution is -0.137. The van der Waals surface area contributed by atoms with Crippen molar-refractivity contribution in [2.75, 3.05) is 38.3 Å². The van der Waals surface area contributed by atoms with E-state index in [1.54, 1.807) is 7.11 Å². The third kappa shape index (κ3) is 8.95. The van der Waals surface area contributed by atoms with E-state index in [-0.39, 0.29) is 12.1 Å². The maximum absolute atomic E-state index is 12.8. The molecule has 0 unspecified atom stereocenters. The quantitative estimate of drug-likeness (QED) is 0.558. The maximum Gasteiger partial charge on any atom is 0.416 e. The van der Waals surface area contributed by atoms with E-state index in [9.17, 15) is 18.0 Å². The minimum atomic E-state index is -4.32. The minimum Gasteiger partial charge on any atom is -0.444 e. The van der Waals surface area contributed by atoms with Crippen LogP contribution in [0.2, 0.25) is 0 Å². The molecule has 1 heterocycles. The average molecular weight is 446 g/mol. The molecule has 1 aliphatic rings. The Morgan fingerprint density at radius 2 is 1.90 bits per heavy atom. The normalized spacial score (nSPS) is 18.2. The molecule has 0 spiro atoms. The van der Waals surface area contributed by atoms with Gasteiger partial charge in [-0.25, -0.2) is 4.79 Å². The van der Waals surface area contributed by atoms with Crippen LogP contribution < -0.4 is 15.5 Å². The Morgan fingerprint density at radius 1 is 1.23 bits per heavy atom. The van der Waals surface area contributed by atoms with Gasteiger partial charge in [0.1, 0.15) is 5.60 Å². The Balaban J connectivity index is 1.77. The number of nitrogens with one attached hydrogen (secondary N) is 2. The number of hydrogen-bond donors (Lipinski definition) is 2. The van der Waals surface area contributed by atoms with Gasteiger partial charge >= 0.3 is 12.3 Å². The van der Waals surface area contributed by atoms with Gasteiger partial charge in [-0.2, -0.15) is 13.2 Å². The molecule has 1 amide bonds. The molecule has 1 aliphatic heterocycles. The van der Waals surface area contributed by atoms with E-state index in [0.29, 0.717) is 13.2 Å². The summed E-state index contributed by atoms with van der Waals surface area (Å²) in [5.41, 5.74) is -0.363. The molecule has 1 aromatic rings. The molecule has 1 aromatic carbocycles. The first kappa shape index (κ1) is 25.3. The predicted molar refractivity (Wildman–Crippen MR) is 114 cm³/mol. The molecule has 0 bridgehead atoms. The van der Waals surface area contributed by atoms with Gasteiger partial charge in [-0.3, -0.25) is 0 Å². The number of ether oxygens (including phenoxy) is 2. The van der Waals surface area contributed by atoms with Gasteiger partial charge in [0.25, 0.3) is 0 Å². The second-order valence-electron chi connectivity index (χ2n) is 8.87. The molecule has 1 fully saturated rings. The van der Waals surface area contributed by atoms with Gasteiger partial charge in [0.15, 0.2) is 0 Å². The molecule has 2 atom stereocenters. The molecule has 0 aromatic heterocycles. The predicted octanol–water partition coefficient (Wildman–Crippen LogP) is 4.19. The highest BCUT2D eigenvalue weighted by Gasteiger charge is 2.31. The summed E-state index contributed by atoms with van der Waals surface area (Å²) in [5.74, 6) is 0. The summed E-state index contributed by atoms with van der Waals surface area (Å²) in [6.45, 7) is 8.02. The number of benzene rings is 1. The summed E-state index contributed by atoms with van der Waals surface area (Å²) < 4.78 is 48.8. The van der Waals surface area contributed by atoms with E-state index in [1.807, 2.05) is 20.8 Å². The first-order valence-corrected chi connectivity index (χ1v) is 10.6. The smallest absolute Gasteiger partial charge is 0.416 e. The lowest BCUT2D eigenvalue weighted by Gasteiger charge is -2.24. The number of alkyl halides is 3. The molecule has 9 heteroatoms. The summed E-state index contributed by atoms with van der Waals surface area (Å²) in [7, 11) is 1.65. The largest absolute Gasteiger partial charge is 0.444 e. The Kier molecular flexibility index (Phi) is 9.00. The van der Waals surface area contributed by atoms with E-state index in [1.165, 1.54) is 12.1 Å². The SMILES string of the molecule is COC[C@@H](CCCNC(=O)OC(C)(C)C)N[C@@H]1CCN(c2ccc(C(F)(F)F)cc2)C1. The van der Waals surface area contributed by atoms with Crippen molar-refractivity contribution in [1.82, 2.24) is 10.6 Å². The number of hydrogen-bond acceptors (Lipinski definition) is 5. The zero-order valence-corrected chi connectivity index (χ0v) is 18.7. The fourth-order valence-electron chi connectivity index (χ4n) is 3.59. The first-order valence-electron chi connectivity index (χ1n) is 10.6. The molecule has 2 N–H and O–H groups in total. The Labute approximate surface area is 182 Å². The summed E-state index contributed by atoms with van der Waals surface area (Å²) in [6.07, 6.45) is -2.25. The first-order chi connectivity index (χ1) is 14.5. The standard InChI is InChI=1S/C22H34F3N3O3/c1-21(2,3)31-20(29)26-12-5-6-18(15-30-4)27-17-11-13-28(14-17)19-9-7-16(8-10-19)22(23,24)25/h7-10,17-18,27H,5-6,11-15H2,1-4H3,(H,26,29)/t17-,18-/m1/s1. The van der Waals surface area contributed by atoms with Gasteiger partial charge in [0, 0.05) is 44.5 Å². The van der Waals surface area contributed by atoms with E-state index in [0.717, 1.165) is 50.2 Å². The van der Waals surface area contributed by atoms with Crippen LogP contribution in [0.25, 0.3) is 0 Å². The number of carbonyl (C=O) groups is 1. The van der Waals surface area contributed by atoms with E-state index in [4.69, 9.17) is 9.47 Å². The van der Waals surface area contributed by atoms with Crippen molar-refractivity contribution >= 4 is 11.8 Å². The van der Waals surface area contributed by atoms with Crippen molar-refractivity contribution in [2.45, 2.75) is 63.9 Å². The van der Waals surface area contributed by atoms with Crippen molar-refractivity contribution in [3.63, 3.8) is 0 Å². The van der Waals surface area contributed by atoms with Gasteiger partial charge in [-0.15, -0.1) is 0 Å². The summed E-state index contributed by atoms with van der Waals surface area (Å²) in [5, 5.41) is 6.34. The highest BCUT2D eigenvalue weighted by Crippen LogP contribution is 2.31. The van der Waals surface area contributed by atoms with Gasteiger partial charge < -0.3 is 25.0 Å². The highest BCUT2D eigenvalue weighted by molar-refractivity contribution is 5.67. The van der Waals surface area contributed by atoms with E-state index in [2.05, 4.69) is 15.5 Å². The molecule has 2 rings (SSSR count). The number of anilines is 1. The molecule has 0 radical (unpaired) electrons. The average Bonchev–Trinajstić information content (AvgIpc) is 3.12. The fraction of sp³-hybridized carbons (Fsp3) is 0.682. The highest BCUT2D eigenvalue weighted by atomic mass is 19.4. The third-order valence-electron chi connectivity index (χ3n) is 4.98. The topological polar surface area (TPSA) is 62.8 Å².